The molecule has 0 bridgehead atoms. The Morgan fingerprint density at radius 2 is 1.45 bits per heavy atom. The van der Waals surface area contributed by atoms with Crippen molar-refractivity contribution in [1.82, 2.24) is 5.43 Å². The van der Waals surface area contributed by atoms with Crippen LogP contribution in [0.4, 0.5) is 16.2 Å². The van der Waals surface area contributed by atoms with Crippen molar-refractivity contribution < 1.29 is 9.53 Å². The average Bonchev–Trinajstić information content (AvgIpc) is 2.54. The molecule has 4 heteroatoms. The van der Waals surface area contributed by atoms with Crippen molar-refractivity contribution in [2.24, 2.45) is 0 Å². The molecule has 4 nitrogen and oxygen atoms in total. The van der Waals surface area contributed by atoms with E-state index in [1.54, 1.807) is 5.01 Å². The third-order valence-electron chi connectivity index (χ3n) is 3.45. The van der Waals surface area contributed by atoms with Gasteiger partial charge in [-0.3, -0.25) is 5.01 Å². The van der Waals surface area contributed by atoms with Crippen molar-refractivity contribution in [1.29, 1.82) is 0 Å². The van der Waals surface area contributed by atoms with Crippen molar-refractivity contribution >= 4 is 17.5 Å². The first-order valence-corrected chi connectivity index (χ1v) is 7.42. The molecule has 0 saturated heterocycles. The summed E-state index contributed by atoms with van der Waals surface area (Å²) in [6, 6.07) is 19.3. The molecule has 0 aliphatic heterocycles. The maximum atomic E-state index is 12.2. The fourth-order valence-corrected chi connectivity index (χ4v) is 1.87. The summed E-state index contributed by atoms with van der Waals surface area (Å²) in [5.74, 6) is 0. The predicted molar refractivity (Wildman–Crippen MR) is 89.0 cm³/mol. The van der Waals surface area contributed by atoms with Crippen LogP contribution >= 0.6 is 0 Å². The summed E-state index contributed by atoms with van der Waals surface area (Å²) < 4.78 is 5.47. The SMILES string of the molecule is CCC(C)(C)OC(=O)NN(c1ccccc1)c1ccccc1. The molecule has 0 aromatic heterocycles. The summed E-state index contributed by atoms with van der Waals surface area (Å²) in [5.41, 5.74) is 4.04. The van der Waals surface area contributed by atoms with Crippen LogP contribution in [0, 0.1) is 0 Å². The lowest BCUT2D eigenvalue weighted by atomic mass is 10.1. The van der Waals surface area contributed by atoms with Gasteiger partial charge in [0, 0.05) is 0 Å². The number of ether oxygens (including phenoxy) is 1. The van der Waals surface area contributed by atoms with Crippen LogP contribution in [-0.4, -0.2) is 11.7 Å². The quantitative estimate of drug-likeness (QED) is 0.817. The largest absolute Gasteiger partial charge is 0.442 e. The van der Waals surface area contributed by atoms with E-state index in [0.717, 1.165) is 17.8 Å². The van der Waals surface area contributed by atoms with E-state index in [1.165, 1.54) is 0 Å². The molecule has 0 atom stereocenters. The van der Waals surface area contributed by atoms with Crippen LogP contribution in [0.15, 0.2) is 60.7 Å². The van der Waals surface area contributed by atoms with Crippen molar-refractivity contribution in [3.63, 3.8) is 0 Å². The number of nitrogens with one attached hydrogen (secondary N) is 1. The summed E-state index contributed by atoms with van der Waals surface area (Å²) in [4.78, 5) is 12.2. The van der Waals surface area contributed by atoms with Crippen LogP contribution in [0.5, 0.6) is 0 Å². The van der Waals surface area contributed by atoms with Gasteiger partial charge in [0.15, 0.2) is 0 Å². The van der Waals surface area contributed by atoms with Gasteiger partial charge < -0.3 is 4.74 Å². The summed E-state index contributed by atoms with van der Waals surface area (Å²) >= 11 is 0. The molecule has 2 aromatic carbocycles. The van der Waals surface area contributed by atoms with E-state index >= 15 is 0 Å². The second kappa shape index (κ2) is 6.98. The standard InChI is InChI=1S/C18H22N2O2/c1-4-18(2,3)22-17(21)19-20(15-11-7-5-8-12-15)16-13-9-6-10-14-16/h5-14H,4H2,1-3H3,(H,19,21). The topological polar surface area (TPSA) is 41.6 Å². The van der Waals surface area contributed by atoms with Crippen LogP contribution in [-0.2, 0) is 4.74 Å². The van der Waals surface area contributed by atoms with E-state index in [9.17, 15) is 4.79 Å². The molecule has 0 saturated carbocycles. The molecule has 0 aliphatic carbocycles. The lowest BCUT2D eigenvalue weighted by molar-refractivity contribution is 0.0363. The van der Waals surface area contributed by atoms with Crippen LogP contribution < -0.4 is 10.4 Å². The zero-order chi connectivity index (χ0) is 16.0. The monoisotopic (exact) mass is 298 g/mol. The van der Waals surface area contributed by atoms with E-state index in [-0.39, 0.29) is 0 Å². The van der Waals surface area contributed by atoms with Crippen LogP contribution in [0.3, 0.4) is 0 Å². The Morgan fingerprint density at radius 3 is 1.86 bits per heavy atom. The minimum Gasteiger partial charge on any atom is -0.442 e. The Labute approximate surface area is 131 Å². The molecule has 0 heterocycles. The van der Waals surface area contributed by atoms with E-state index in [0.29, 0.717) is 0 Å². The number of carbonyl (C=O) groups excluding carboxylic acids is 1. The van der Waals surface area contributed by atoms with Gasteiger partial charge in [0.1, 0.15) is 5.60 Å². The molecule has 22 heavy (non-hydrogen) atoms. The van der Waals surface area contributed by atoms with Gasteiger partial charge in [0.2, 0.25) is 0 Å². The summed E-state index contributed by atoms with van der Waals surface area (Å²) in [7, 11) is 0. The Hall–Kier alpha value is -2.49. The minimum absolute atomic E-state index is 0.473. The lowest BCUT2D eigenvalue weighted by Gasteiger charge is -2.28. The second-order valence-corrected chi connectivity index (χ2v) is 5.62. The first-order valence-electron chi connectivity index (χ1n) is 7.42. The van der Waals surface area contributed by atoms with Crippen molar-refractivity contribution in [3.8, 4) is 0 Å². The Kier molecular flexibility index (Phi) is 5.04. The highest BCUT2D eigenvalue weighted by Gasteiger charge is 2.22. The number of anilines is 2. The molecule has 116 valence electrons. The van der Waals surface area contributed by atoms with Crippen molar-refractivity contribution in [3.05, 3.63) is 60.7 Å². The fourth-order valence-electron chi connectivity index (χ4n) is 1.87. The number of carbonyl (C=O) groups is 1. The molecule has 0 spiro atoms. The first kappa shape index (κ1) is 15.9. The number of rotatable bonds is 5. The molecular formula is C18H22N2O2. The van der Waals surface area contributed by atoms with Gasteiger partial charge >= 0.3 is 6.09 Å². The smallest absolute Gasteiger partial charge is 0.426 e. The zero-order valence-corrected chi connectivity index (χ0v) is 13.2. The number of hydrogen-bond acceptors (Lipinski definition) is 3. The lowest BCUT2D eigenvalue weighted by Crippen LogP contribution is -2.42. The maximum Gasteiger partial charge on any atom is 0.426 e. The highest BCUT2D eigenvalue weighted by atomic mass is 16.6. The van der Waals surface area contributed by atoms with Gasteiger partial charge in [-0.15, -0.1) is 0 Å². The summed E-state index contributed by atoms with van der Waals surface area (Å²) in [5, 5.41) is 1.72. The van der Waals surface area contributed by atoms with Gasteiger partial charge in [-0.05, 0) is 44.5 Å². The third kappa shape index (κ3) is 4.25. The minimum atomic E-state index is -0.497. The molecule has 0 aliphatic rings. The van der Waals surface area contributed by atoms with Crippen LogP contribution in [0.2, 0.25) is 0 Å². The van der Waals surface area contributed by atoms with Gasteiger partial charge in [0.25, 0.3) is 0 Å². The molecule has 1 amide bonds. The zero-order valence-electron chi connectivity index (χ0n) is 13.2. The van der Waals surface area contributed by atoms with Gasteiger partial charge in [-0.1, -0.05) is 43.3 Å². The van der Waals surface area contributed by atoms with Gasteiger partial charge in [-0.2, -0.15) is 0 Å². The van der Waals surface area contributed by atoms with Crippen LogP contribution in [0.25, 0.3) is 0 Å². The highest BCUT2D eigenvalue weighted by Crippen LogP contribution is 2.23. The van der Waals surface area contributed by atoms with Crippen molar-refractivity contribution in [2.45, 2.75) is 32.8 Å². The number of nitrogens with zero attached hydrogens (tertiary/aromatic N) is 1. The van der Waals surface area contributed by atoms with Crippen molar-refractivity contribution in [2.75, 3.05) is 5.01 Å². The first-order chi connectivity index (χ1) is 10.5. The van der Waals surface area contributed by atoms with Gasteiger partial charge in [-0.25, -0.2) is 10.2 Å². The Balaban J connectivity index is 2.21. The highest BCUT2D eigenvalue weighted by molar-refractivity contribution is 5.75. The number of benzene rings is 2. The average molecular weight is 298 g/mol. The molecule has 1 N–H and O–H groups in total. The predicted octanol–water partition coefficient (Wildman–Crippen LogP) is 4.65. The second-order valence-electron chi connectivity index (χ2n) is 5.62. The van der Waals surface area contributed by atoms with Crippen LogP contribution in [0.1, 0.15) is 27.2 Å². The Morgan fingerprint density at radius 1 is 1.00 bits per heavy atom. The molecule has 0 radical (unpaired) electrons. The number of hydrogen-bond donors (Lipinski definition) is 1. The van der Waals surface area contributed by atoms with E-state index < -0.39 is 11.7 Å². The van der Waals surface area contributed by atoms with E-state index in [2.05, 4.69) is 5.43 Å². The van der Waals surface area contributed by atoms with E-state index in [4.69, 9.17) is 4.74 Å². The molecule has 2 aromatic rings. The number of para-hydroxylation sites is 2. The molecule has 0 unspecified atom stereocenters. The van der Waals surface area contributed by atoms with Gasteiger partial charge in [0.05, 0.1) is 11.4 Å². The van der Waals surface area contributed by atoms with E-state index in [1.807, 2.05) is 81.4 Å². The molecular weight excluding hydrogens is 276 g/mol. The number of hydrazine groups is 1. The maximum absolute atomic E-state index is 12.2. The third-order valence-corrected chi connectivity index (χ3v) is 3.45. The summed E-state index contributed by atoms with van der Waals surface area (Å²) in [6.45, 7) is 5.77. The molecule has 0 fully saturated rings. The summed E-state index contributed by atoms with van der Waals surface area (Å²) in [6.07, 6.45) is 0.274. The molecule has 2 rings (SSSR count). The fraction of sp³-hybridized carbons (Fsp3) is 0.278. The normalized spacial score (nSPS) is 10.9. The number of amides is 1. The Bertz CT molecular complexity index is 557.